The van der Waals surface area contributed by atoms with Gasteiger partial charge in [-0.25, -0.2) is 0 Å². The normalized spacial score (nSPS) is 12.4. The minimum atomic E-state index is 0.0798. The molecular formula is C15H16ClNS. The van der Waals surface area contributed by atoms with Crippen LogP contribution in [0.1, 0.15) is 24.9 Å². The maximum Gasteiger partial charge on any atom is 0.0545 e. The predicted octanol–water partition coefficient (Wildman–Crippen LogP) is 4.90. The summed E-state index contributed by atoms with van der Waals surface area (Å²) in [5.74, 6) is 0. The zero-order valence-corrected chi connectivity index (χ0v) is 11.8. The van der Waals surface area contributed by atoms with E-state index in [1.54, 1.807) is 11.8 Å². The van der Waals surface area contributed by atoms with Crippen molar-refractivity contribution in [1.82, 2.24) is 0 Å². The molecule has 2 rings (SSSR count). The topological polar surface area (TPSA) is 26.0 Å². The molecular weight excluding hydrogens is 262 g/mol. The fourth-order valence-corrected chi connectivity index (χ4v) is 3.03. The van der Waals surface area contributed by atoms with Crippen molar-refractivity contribution >= 4 is 23.4 Å². The van der Waals surface area contributed by atoms with Crippen LogP contribution < -0.4 is 5.73 Å². The van der Waals surface area contributed by atoms with Crippen molar-refractivity contribution in [3.63, 3.8) is 0 Å². The minimum absolute atomic E-state index is 0.0798. The number of hydrogen-bond acceptors (Lipinski definition) is 2. The number of halogens is 1. The Morgan fingerprint density at radius 2 is 1.67 bits per heavy atom. The summed E-state index contributed by atoms with van der Waals surface area (Å²) in [6.45, 7) is 2.10. The molecule has 3 heteroatoms. The third-order valence-electron chi connectivity index (χ3n) is 2.81. The molecule has 1 atom stereocenters. The summed E-state index contributed by atoms with van der Waals surface area (Å²) in [4.78, 5) is 2.25. The Morgan fingerprint density at radius 1 is 1.06 bits per heavy atom. The lowest BCUT2D eigenvalue weighted by atomic mass is 10.1. The average Bonchev–Trinajstić information content (AvgIpc) is 2.41. The second kappa shape index (κ2) is 6.28. The quantitative estimate of drug-likeness (QED) is 0.860. The van der Waals surface area contributed by atoms with Gasteiger partial charge in [-0.3, -0.25) is 0 Å². The molecule has 94 valence electrons. The lowest BCUT2D eigenvalue weighted by Gasteiger charge is -2.14. The van der Waals surface area contributed by atoms with Crippen LogP contribution >= 0.6 is 23.4 Å². The molecule has 0 saturated carbocycles. The van der Waals surface area contributed by atoms with Gasteiger partial charge in [0, 0.05) is 15.8 Å². The summed E-state index contributed by atoms with van der Waals surface area (Å²) in [7, 11) is 0. The second-order valence-corrected chi connectivity index (χ2v) is 5.58. The van der Waals surface area contributed by atoms with Gasteiger partial charge in [-0.05, 0) is 30.2 Å². The molecule has 1 nitrogen and oxygen atoms in total. The molecule has 0 aliphatic carbocycles. The van der Waals surface area contributed by atoms with Crippen LogP contribution in [0.5, 0.6) is 0 Å². The van der Waals surface area contributed by atoms with Gasteiger partial charge in [-0.15, -0.1) is 0 Å². The maximum atomic E-state index is 6.19. The van der Waals surface area contributed by atoms with Crippen LogP contribution in [0.25, 0.3) is 0 Å². The molecule has 2 aromatic rings. The molecule has 2 N–H and O–H groups in total. The van der Waals surface area contributed by atoms with Crippen LogP contribution in [0.4, 0.5) is 0 Å². The average molecular weight is 278 g/mol. The van der Waals surface area contributed by atoms with Crippen LogP contribution in [0.15, 0.2) is 58.3 Å². The number of benzene rings is 2. The van der Waals surface area contributed by atoms with E-state index in [4.69, 9.17) is 17.3 Å². The lowest BCUT2D eigenvalue weighted by Crippen LogP contribution is -2.09. The van der Waals surface area contributed by atoms with Gasteiger partial charge >= 0.3 is 0 Å². The van der Waals surface area contributed by atoms with E-state index in [0.29, 0.717) is 0 Å². The van der Waals surface area contributed by atoms with Crippen LogP contribution in [0.3, 0.4) is 0 Å². The zero-order chi connectivity index (χ0) is 13.0. The Morgan fingerprint density at radius 3 is 2.33 bits per heavy atom. The Labute approximate surface area is 117 Å². The summed E-state index contributed by atoms with van der Waals surface area (Å²) < 4.78 is 0. The smallest absolute Gasteiger partial charge is 0.0545 e. The first-order valence-electron chi connectivity index (χ1n) is 5.99. The highest BCUT2D eigenvalue weighted by Crippen LogP contribution is 2.36. The summed E-state index contributed by atoms with van der Waals surface area (Å²) in [6, 6.07) is 16.2. The van der Waals surface area contributed by atoms with Crippen LogP contribution in [-0.2, 0) is 0 Å². The second-order valence-electron chi connectivity index (χ2n) is 4.09. The van der Waals surface area contributed by atoms with Crippen molar-refractivity contribution in [1.29, 1.82) is 0 Å². The van der Waals surface area contributed by atoms with Crippen LogP contribution in [-0.4, -0.2) is 0 Å². The fourth-order valence-electron chi connectivity index (χ4n) is 1.75. The predicted molar refractivity (Wildman–Crippen MR) is 79.2 cm³/mol. The highest BCUT2D eigenvalue weighted by molar-refractivity contribution is 7.99. The Balaban J connectivity index is 2.32. The van der Waals surface area contributed by atoms with E-state index in [2.05, 4.69) is 19.1 Å². The molecule has 0 unspecified atom stereocenters. The highest BCUT2D eigenvalue weighted by Gasteiger charge is 2.10. The van der Waals surface area contributed by atoms with E-state index in [1.165, 1.54) is 10.5 Å². The summed E-state index contributed by atoms with van der Waals surface area (Å²) in [5, 5.41) is 0.780. The van der Waals surface area contributed by atoms with E-state index in [1.807, 2.05) is 36.4 Å². The molecule has 0 spiro atoms. The van der Waals surface area contributed by atoms with Gasteiger partial charge in [0.1, 0.15) is 0 Å². The molecule has 2 aromatic carbocycles. The van der Waals surface area contributed by atoms with Gasteiger partial charge in [-0.2, -0.15) is 0 Å². The van der Waals surface area contributed by atoms with E-state index in [9.17, 15) is 0 Å². The SMILES string of the molecule is CC[C@@H](N)c1ccccc1Sc1ccccc1Cl. The maximum absolute atomic E-state index is 6.19. The van der Waals surface area contributed by atoms with Crippen molar-refractivity contribution in [2.24, 2.45) is 5.73 Å². The van der Waals surface area contributed by atoms with Gasteiger partial charge in [-0.1, -0.05) is 60.6 Å². The van der Waals surface area contributed by atoms with E-state index in [-0.39, 0.29) is 6.04 Å². The molecule has 0 saturated heterocycles. The van der Waals surface area contributed by atoms with Gasteiger partial charge in [0.15, 0.2) is 0 Å². The van der Waals surface area contributed by atoms with E-state index in [0.717, 1.165) is 16.3 Å². The summed E-state index contributed by atoms with van der Waals surface area (Å²) >= 11 is 7.86. The molecule has 0 heterocycles. The highest BCUT2D eigenvalue weighted by atomic mass is 35.5. The van der Waals surface area contributed by atoms with Crippen molar-refractivity contribution in [2.45, 2.75) is 29.2 Å². The van der Waals surface area contributed by atoms with Gasteiger partial charge in [0.25, 0.3) is 0 Å². The molecule has 0 bridgehead atoms. The summed E-state index contributed by atoms with van der Waals surface area (Å²) in [5.41, 5.74) is 7.33. The molecule has 18 heavy (non-hydrogen) atoms. The van der Waals surface area contributed by atoms with Gasteiger partial charge in [0.05, 0.1) is 5.02 Å². The first-order chi connectivity index (χ1) is 8.72. The Bertz CT molecular complexity index is 527. The largest absolute Gasteiger partial charge is 0.324 e. The molecule has 0 radical (unpaired) electrons. The van der Waals surface area contributed by atoms with Crippen molar-refractivity contribution < 1.29 is 0 Å². The third kappa shape index (κ3) is 3.08. The van der Waals surface area contributed by atoms with Crippen molar-refractivity contribution in [3.8, 4) is 0 Å². The summed E-state index contributed by atoms with van der Waals surface area (Å²) in [6.07, 6.45) is 0.931. The standard InChI is InChI=1S/C15H16ClNS/c1-2-13(17)11-7-3-5-9-14(11)18-15-10-6-4-8-12(15)16/h3-10,13H,2,17H2,1H3/t13-/m1/s1. The third-order valence-corrected chi connectivity index (χ3v) is 4.42. The minimum Gasteiger partial charge on any atom is -0.324 e. The Kier molecular flexibility index (Phi) is 4.70. The first-order valence-corrected chi connectivity index (χ1v) is 7.18. The molecule has 0 aromatic heterocycles. The van der Waals surface area contributed by atoms with E-state index >= 15 is 0 Å². The molecule has 0 fully saturated rings. The van der Waals surface area contributed by atoms with Crippen LogP contribution in [0, 0.1) is 0 Å². The number of rotatable bonds is 4. The first kappa shape index (κ1) is 13.5. The Hall–Kier alpha value is -0.960. The molecule has 0 aliphatic heterocycles. The van der Waals surface area contributed by atoms with Gasteiger partial charge in [0.2, 0.25) is 0 Å². The van der Waals surface area contributed by atoms with Crippen LogP contribution in [0.2, 0.25) is 5.02 Å². The zero-order valence-electron chi connectivity index (χ0n) is 10.3. The van der Waals surface area contributed by atoms with E-state index < -0.39 is 0 Å². The van der Waals surface area contributed by atoms with Crippen molar-refractivity contribution in [3.05, 3.63) is 59.1 Å². The lowest BCUT2D eigenvalue weighted by molar-refractivity contribution is 0.685. The van der Waals surface area contributed by atoms with Gasteiger partial charge < -0.3 is 5.73 Å². The molecule has 0 amide bonds. The molecule has 0 aliphatic rings. The fraction of sp³-hybridized carbons (Fsp3) is 0.200. The number of hydrogen-bond donors (Lipinski definition) is 1. The van der Waals surface area contributed by atoms with Crippen molar-refractivity contribution in [2.75, 3.05) is 0 Å². The monoisotopic (exact) mass is 277 g/mol. The number of nitrogens with two attached hydrogens (primary N) is 1.